The zero-order chi connectivity index (χ0) is 15.1. The summed E-state index contributed by atoms with van der Waals surface area (Å²) in [5, 5.41) is 4.19. The molecule has 0 saturated carbocycles. The number of halogens is 6. The highest BCUT2D eigenvalue weighted by Crippen LogP contribution is 2.38. The van der Waals surface area contributed by atoms with Gasteiger partial charge in [0.15, 0.2) is 0 Å². The summed E-state index contributed by atoms with van der Waals surface area (Å²) in [6.45, 7) is 0. The minimum atomic E-state index is -4.53. The molecular formula is C11H7BrCl2F3N3. The van der Waals surface area contributed by atoms with Crippen molar-refractivity contribution in [2.24, 2.45) is 0 Å². The minimum absolute atomic E-state index is 0.117. The number of nitrogens with zero attached hydrogens (tertiary/aromatic N) is 2. The Labute approximate surface area is 130 Å². The van der Waals surface area contributed by atoms with Gasteiger partial charge in [0, 0.05) is 11.4 Å². The second-order valence-corrected chi connectivity index (χ2v) is 5.27. The van der Waals surface area contributed by atoms with Gasteiger partial charge in [-0.25, -0.2) is 4.68 Å². The lowest BCUT2D eigenvalue weighted by Crippen LogP contribution is -2.08. The summed E-state index contributed by atoms with van der Waals surface area (Å²) >= 11 is 15.0. The van der Waals surface area contributed by atoms with Crippen LogP contribution < -0.4 is 5.73 Å². The monoisotopic (exact) mass is 387 g/mol. The van der Waals surface area contributed by atoms with Crippen LogP contribution in [-0.4, -0.2) is 9.78 Å². The van der Waals surface area contributed by atoms with E-state index in [2.05, 4.69) is 21.0 Å². The first kappa shape index (κ1) is 15.5. The third-order valence-electron chi connectivity index (χ3n) is 2.48. The van der Waals surface area contributed by atoms with Crippen molar-refractivity contribution in [1.29, 1.82) is 0 Å². The molecule has 0 unspecified atom stereocenters. The Morgan fingerprint density at radius 3 is 2.15 bits per heavy atom. The fourth-order valence-electron chi connectivity index (χ4n) is 1.62. The molecule has 0 fully saturated rings. The maximum absolute atomic E-state index is 12.6. The van der Waals surface area contributed by atoms with Crippen LogP contribution in [0.5, 0.6) is 0 Å². The quantitative estimate of drug-likeness (QED) is 0.759. The lowest BCUT2D eigenvalue weighted by atomic mass is 10.2. The van der Waals surface area contributed by atoms with Gasteiger partial charge in [-0.2, -0.15) is 18.3 Å². The van der Waals surface area contributed by atoms with Gasteiger partial charge < -0.3 is 5.73 Å². The van der Waals surface area contributed by atoms with E-state index >= 15 is 0 Å². The van der Waals surface area contributed by atoms with E-state index < -0.39 is 11.7 Å². The Kier molecular flexibility index (Phi) is 4.22. The van der Waals surface area contributed by atoms with E-state index in [4.69, 9.17) is 28.9 Å². The van der Waals surface area contributed by atoms with Gasteiger partial charge >= 0.3 is 6.18 Å². The lowest BCUT2D eigenvalue weighted by molar-refractivity contribution is -0.137. The van der Waals surface area contributed by atoms with Gasteiger partial charge in [-0.1, -0.05) is 39.1 Å². The molecule has 3 nitrogen and oxygen atoms in total. The molecule has 0 aliphatic rings. The molecule has 0 radical (unpaired) electrons. The highest BCUT2D eigenvalue weighted by atomic mass is 79.9. The van der Waals surface area contributed by atoms with Gasteiger partial charge in [-0.3, -0.25) is 0 Å². The molecule has 0 bridgehead atoms. The normalized spacial score (nSPS) is 11.9. The van der Waals surface area contributed by atoms with Crippen LogP contribution in [0, 0.1) is 0 Å². The first-order chi connectivity index (χ1) is 9.24. The standard InChI is InChI=1S/C11H7BrCl2F3N3/c12-4-6-3-9(18)20(19-6)10-7(13)1-5(2-8(10)14)11(15,16)17/h1-3H,4,18H2. The first-order valence-electron chi connectivity index (χ1n) is 5.21. The molecule has 1 aromatic carbocycles. The molecule has 1 aromatic heterocycles. The summed E-state index contributed by atoms with van der Waals surface area (Å²) in [6, 6.07) is 3.15. The molecule has 2 N–H and O–H groups in total. The van der Waals surface area contributed by atoms with Crippen LogP contribution in [0.1, 0.15) is 11.3 Å². The van der Waals surface area contributed by atoms with Gasteiger partial charge in [0.25, 0.3) is 0 Å². The average molecular weight is 389 g/mol. The van der Waals surface area contributed by atoms with Crippen molar-refractivity contribution in [2.45, 2.75) is 11.5 Å². The van der Waals surface area contributed by atoms with Gasteiger partial charge in [0.2, 0.25) is 0 Å². The van der Waals surface area contributed by atoms with Crippen molar-refractivity contribution in [3.05, 3.63) is 39.5 Å². The largest absolute Gasteiger partial charge is 0.416 e. The van der Waals surface area contributed by atoms with Crippen LogP contribution in [0.4, 0.5) is 19.0 Å². The molecule has 2 aromatic rings. The smallest absolute Gasteiger partial charge is 0.384 e. The van der Waals surface area contributed by atoms with E-state index in [0.29, 0.717) is 11.0 Å². The Morgan fingerprint density at radius 2 is 1.75 bits per heavy atom. The zero-order valence-corrected chi connectivity index (χ0v) is 12.8. The molecule has 108 valence electrons. The van der Waals surface area contributed by atoms with Crippen LogP contribution in [0.25, 0.3) is 5.69 Å². The predicted molar refractivity (Wildman–Crippen MR) is 75.6 cm³/mol. The maximum Gasteiger partial charge on any atom is 0.416 e. The van der Waals surface area contributed by atoms with Crippen LogP contribution >= 0.6 is 39.1 Å². The fourth-order valence-corrected chi connectivity index (χ4v) is 2.54. The predicted octanol–water partition coefficient (Wildman–Crippen LogP) is 4.68. The van der Waals surface area contributed by atoms with Crippen molar-refractivity contribution in [3.8, 4) is 5.69 Å². The zero-order valence-electron chi connectivity index (χ0n) is 9.68. The number of nitrogens with two attached hydrogens (primary N) is 1. The van der Waals surface area contributed by atoms with E-state index in [1.165, 1.54) is 4.68 Å². The SMILES string of the molecule is Nc1cc(CBr)nn1-c1c(Cl)cc(C(F)(F)F)cc1Cl. The number of rotatable bonds is 2. The molecule has 0 spiro atoms. The molecule has 0 aliphatic heterocycles. The summed E-state index contributed by atoms with van der Waals surface area (Å²) in [4.78, 5) is 0. The maximum atomic E-state index is 12.6. The summed E-state index contributed by atoms with van der Waals surface area (Å²) in [5.74, 6) is 0.225. The molecular weight excluding hydrogens is 382 g/mol. The first-order valence-corrected chi connectivity index (χ1v) is 7.08. The van der Waals surface area contributed by atoms with Crippen LogP contribution in [-0.2, 0) is 11.5 Å². The van der Waals surface area contributed by atoms with Crippen LogP contribution in [0.3, 0.4) is 0 Å². The number of hydrogen-bond acceptors (Lipinski definition) is 2. The van der Waals surface area contributed by atoms with Gasteiger partial charge in [-0.15, -0.1) is 0 Å². The Hall–Kier alpha value is -0.920. The molecule has 9 heteroatoms. The van der Waals surface area contributed by atoms with Crippen molar-refractivity contribution in [1.82, 2.24) is 9.78 Å². The number of aromatic nitrogens is 2. The molecule has 20 heavy (non-hydrogen) atoms. The Balaban J connectivity index is 2.61. The lowest BCUT2D eigenvalue weighted by Gasteiger charge is -2.13. The van der Waals surface area contributed by atoms with Crippen LogP contribution in [0.15, 0.2) is 18.2 Å². The average Bonchev–Trinajstić information content (AvgIpc) is 2.69. The van der Waals surface area contributed by atoms with Crippen molar-refractivity contribution in [3.63, 3.8) is 0 Å². The number of alkyl halides is 4. The summed E-state index contributed by atoms with van der Waals surface area (Å²) in [7, 11) is 0. The molecule has 0 aliphatic carbocycles. The topological polar surface area (TPSA) is 43.8 Å². The summed E-state index contributed by atoms with van der Waals surface area (Å²) < 4.78 is 39.2. The Bertz CT molecular complexity index is 632. The highest BCUT2D eigenvalue weighted by molar-refractivity contribution is 9.08. The van der Waals surface area contributed by atoms with E-state index in [1.54, 1.807) is 6.07 Å². The van der Waals surface area contributed by atoms with E-state index in [0.717, 1.165) is 12.1 Å². The molecule has 2 rings (SSSR count). The number of benzene rings is 1. The van der Waals surface area contributed by atoms with Gasteiger partial charge in [0.05, 0.1) is 21.3 Å². The van der Waals surface area contributed by atoms with E-state index in [-0.39, 0.29) is 21.6 Å². The van der Waals surface area contributed by atoms with Gasteiger partial charge in [-0.05, 0) is 12.1 Å². The minimum Gasteiger partial charge on any atom is -0.384 e. The highest BCUT2D eigenvalue weighted by Gasteiger charge is 2.32. The molecule has 0 atom stereocenters. The third-order valence-corrected chi connectivity index (χ3v) is 3.63. The fraction of sp³-hybridized carbons (Fsp3) is 0.182. The summed E-state index contributed by atoms with van der Waals surface area (Å²) in [5.41, 5.74) is 5.55. The van der Waals surface area contributed by atoms with E-state index in [9.17, 15) is 13.2 Å². The second kappa shape index (κ2) is 5.46. The van der Waals surface area contributed by atoms with Gasteiger partial charge in [0.1, 0.15) is 11.5 Å². The van der Waals surface area contributed by atoms with Crippen LogP contribution in [0.2, 0.25) is 10.0 Å². The molecule has 0 saturated heterocycles. The van der Waals surface area contributed by atoms with E-state index in [1.807, 2.05) is 0 Å². The number of nitrogen functional groups attached to an aromatic ring is 1. The van der Waals surface area contributed by atoms with Crippen molar-refractivity contribution in [2.75, 3.05) is 5.73 Å². The number of anilines is 1. The number of hydrogen-bond donors (Lipinski definition) is 1. The van der Waals surface area contributed by atoms with Crippen molar-refractivity contribution >= 4 is 44.9 Å². The Morgan fingerprint density at radius 1 is 1.20 bits per heavy atom. The second-order valence-electron chi connectivity index (χ2n) is 3.89. The third kappa shape index (κ3) is 2.89. The van der Waals surface area contributed by atoms with Crippen molar-refractivity contribution < 1.29 is 13.2 Å². The molecule has 0 amide bonds. The molecule has 1 heterocycles. The summed E-state index contributed by atoms with van der Waals surface area (Å²) in [6.07, 6.45) is -4.53.